The molecule has 0 radical (unpaired) electrons. The smallest absolute Gasteiger partial charge is 0.127 e. The van der Waals surface area contributed by atoms with Crippen LogP contribution in [0.2, 0.25) is 0 Å². The fourth-order valence-corrected chi connectivity index (χ4v) is 2.85. The number of nitrogens with zero attached hydrogens (tertiary/aromatic N) is 3. The van der Waals surface area contributed by atoms with Crippen molar-refractivity contribution in [1.82, 2.24) is 14.5 Å². The van der Waals surface area contributed by atoms with Crippen LogP contribution in [-0.4, -0.2) is 35.1 Å². The number of aromatic nitrogens is 2. The first-order chi connectivity index (χ1) is 8.99. The van der Waals surface area contributed by atoms with Crippen molar-refractivity contribution in [2.24, 2.45) is 0 Å². The lowest BCUT2D eigenvalue weighted by Crippen LogP contribution is -2.16. The van der Waals surface area contributed by atoms with E-state index in [0.717, 1.165) is 30.9 Å². The van der Waals surface area contributed by atoms with E-state index in [0.29, 0.717) is 0 Å². The van der Waals surface area contributed by atoms with E-state index in [1.54, 1.807) is 0 Å². The van der Waals surface area contributed by atoms with Crippen LogP contribution in [0.25, 0.3) is 11.0 Å². The first kappa shape index (κ1) is 15.1. The first-order valence-electron chi connectivity index (χ1n) is 6.43. The number of hydrogen-bond donors (Lipinski definition) is 0. The number of halogens is 2. The molecule has 0 aliphatic heterocycles. The van der Waals surface area contributed by atoms with Crippen molar-refractivity contribution in [3.8, 4) is 0 Å². The predicted octanol–water partition coefficient (Wildman–Crippen LogP) is 3.89. The molecule has 1 aromatic carbocycles. The number of alkyl halides is 1. The number of benzene rings is 1. The number of fused-ring (bicyclic) bond motifs is 1. The molecule has 0 spiro atoms. The van der Waals surface area contributed by atoms with E-state index >= 15 is 0 Å². The maximum atomic E-state index is 6.27. The second kappa shape index (κ2) is 6.41. The Morgan fingerprint density at radius 1 is 1.42 bits per heavy atom. The molecule has 0 amide bonds. The van der Waals surface area contributed by atoms with E-state index in [1.165, 1.54) is 9.09 Å². The Labute approximate surface area is 133 Å². The predicted molar refractivity (Wildman–Crippen MR) is 89.9 cm³/mol. The van der Waals surface area contributed by atoms with Crippen LogP contribution < -0.4 is 0 Å². The van der Waals surface area contributed by atoms with Crippen LogP contribution in [0.3, 0.4) is 0 Å². The zero-order chi connectivity index (χ0) is 14.0. The van der Waals surface area contributed by atoms with E-state index in [1.807, 2.05) is 6.92 Å². The zero-order valence-corrected chi connectivity index (χ0v) is 14.4. The molecule has 0 saturated heterocycles. The number of imidazole rings is 1. The lowest BCUT2D eigenvalue weighted by Gasteiger charge is -2.13. The number of rotatable bonds is 5. The summed E-state index contributed by atoms with van der Waals surface area (Å²) in [5.41, 5.74) is 2.22. The van der Waals surface area contributed by atoms with Crippen LogP contribution >= 0.6 is 34.2 Å². The lowest BCUT2D eigenvalue weighted by atomic mass is 10.3. The van der Waals surface area contributed by atoms with Crippen molar-refractivity contribution in [3.05, 3.63) is 27.6 Å². The third-order valence-electron chi connectivity index (χ3n) is 3.08. The van der Waals surface area contributed by atoms with Crippen LogP contribution in [0.4, 0.5) is 0 Å². The van der Waals surface area contributed by atoms with Crippen LogP contribution in [0.15, 0.2) is 18.2 Å². The van der Waals surface area contributed by atoms with Gasteiger partial charge in [-0.2, -0.15) is 0 Å². The third-order valence-corrected chi connectivity index (χ3v) is 3.95. The van der Waals surface area contributed by atoms with Gasteiger partial charge < -0.3 is 9.47 Å². The molecule has 0 aliphatic carbocycles. The Kier molecular flexibility index (Phi) is 5.09. The fraction of sp³-hybridized carbons (Fsp3) is 0.500. The SMILES string of the molecule is CC(Cl)c1nc2cc(I)ccc2n1CCCN(C)C. The third kappa shape index (κ3) is 3.61. The molecule has 2 aromatic rings. The van der Waals surface area contributed by atoms with Gasteiger partial charge in [0.25, 0.3) is 0 Å². The van der Waals surface area contributed by atoms with E-state index in [-0.39, 0.29) is 5.38 Å². The molecule has 0 N–H and O–H groups in total. The highest BCUT2D eigenvalue weighted by Crippen LogP contribution is 2.26. The van der Waals surface area contributed by atoms with Crippen molar-refractivity contribution in [1.29, 1.82) is 0 Å². The van der Waals surface area contributed by atoms with E-state index in [2.05, 4.69) is 69.3 Å². The summed E-state index contributed by atoms with van der Waals surface area (Å²) in [7, 11) is 4.19. The molecular weight excluding hydrogens is 373 g/mol. The fourth-order valence-electron chi connectivity index (χ4n) is 2.21. The summed E-state index contributed by atoms with van der Waals surface area (Å²) in [4.78, 5) is 6.88. The highest BCUT2D eigenvalue weighted by molar-refractivity contribution is 14.1. The van der Waals surface area contributed by atoms with Crippen molar-refractivity contribution in [2.45, 2.75) is 25.3 Å². The second-order valence-corrected chi connectivity index (χ2v) is 6.93. The Bertz CT molecular complexity index is 563. The minimum absolute atomic E-state index is 0.0654. The van der Waals surface area contributed by atoms with Crippen molar-refractivity contribution in [2.75, 3.05) is 20.6 Å². The van der Waals surface area contributed by atoms with E-state index in [9.17, 15) is 0 Å². The zero-order valence-electron chi connectivity index (χ0n) is 11.5. The van der Waals surface area contributed by atoms with Gasteiger partial charge in [0.15, 0.2) is 0 Å². The van der Waals surface area contributed by atoms with Gasteiger partial charge in [-0.05, 0) is 74.8 Å². The molecule has 5 heteroatoms. The molecule has 19 heavy (non-hydrogen) atoms. The standard InChI is InChI=1S/C14H19ClIN3/c1-10(15)14-17-12-9-11(16)5-6-13(12)19(14)8-4-7-18(2)3/h5-6,9-10H,4,7-8H2,1-3H3. The average molecular weight is 392 g/mol. The lowest BCUT2D eigenvalue weighted by molar-refractivity contribution is 0.386. The second-order valence-electron chi connectivity index (χ2n) is 5.03. The molecule has 104 valence electrons. The van der Waals surface area contributed by atoms with Gasteiger partial charge in [-0.15, -0.1) is 11.6 Å². The van der Waals surface area contributed by atoms with Crippen LogP contribution in [0, 0.1) is 3.57 Å². The first-order valence-corrected chi connectivity index (χ1v) is 7.95. The van der Waals surface area contributed by atoms with E-state index in [4.69, 9.17) is 11.6 Å². The summed E-state index contributed by atoms with van der Waals surface area (Å²) in [6.07, 6.45) is 1.10. The summed E-state index contributed by atoms with van der Waals surface area (Å²) < 4.78 is 3.46. The van der Waals surface area contributed by atoms with Gasteiger partial charge in [0.2, 0.25) is 0 Å². The molecule has 1 aromatic heterocycles. The van der Waals surface area contributed by atoms with Gasteiger partial charge in [-0.1, -0.05) is 0 Å². The maximum Gasteiger partial charge on any atom is 0.127 e. The molecule has 2 rings (SSSR count). The summed E-state index contributed by atoms with van der Waals surface area (Å²) in [6.45, 7) is 4.01. The molecule has 1 unspecified atom stereocenters. The normalized spacial score (nSPS) is 13.4. The van der Waals surface area contributed by atoms with Gasteiger partial charge in [0.05, 0.1) is 16.4 Å². The van der Waals surface area contributed by atoms with Crippen molar-refractivity contribution < 1.29 is 0 Å². The van der Waals surface area contributed by atoms with Crippen molar-refractivity contribution in [3.63, 3.8) is 0 Å². The van der Waals surface area contributed by atoms with Crippen LogP contribution in [0.5, 0.6) is 0 Å². The van der Waals surface area contributed by atoms with Gasteiger partial charge >= 0.3 is 0 Å². The highest BCUT2D eigenvalue weighted by Gasteiger charge is 2.14. The maximum absolute atomic E-state index is 6.27. The minimum Gasteiger partial charge on any atom is -0.327 e. The Morgan fingerprint density at radius 3 is 2.79 bits per heavy atom. The Hall–Kier alpha value is -0.330. The quantitative estimate of drug-likeness (QED) is 0.569. The molecule has 0 bridgehead atoms. The van der Waals surface area contributed by atoms with Gasteiger partial charge in [-0.25, -0.2) is 4.98 Å². The number of hydrogen-bond acceptors (Lipinski definition) is 2. The van der Waals surface area contributed by atoms with Crippen molar-refractivity contribution >= 4 is 45.2 Å². The molecule has 1 heterocycles. The van der Waals surface area contributed by atoms with Crippen LogP contribution in [0.1, 0.15) is 24.5 Å². The molecule has 3 nitrogen and oxygen atoms in total. The van der Waals surface area contributed by atoms with Gasteiger partial charge in [-0.3, -0.25) is 0 Å². The Balaban J connectivity index is 2.35. The number of aryl methyl sites for hydroxylation is 1. The summed E-state index contributed by atoms with van der Waals surface area (Å²) in [5, 5.41) is -0.0654. The summed E-state index contributed by atoms with van der Waals surface area (Å²) >= 11 is 8.58. The highest BCUT2D eigenvalue weighted by atomic mass is 127. The average Bonchev–Trinajstić information content (AvgIpc) is 2.67. The van der Waals surface area contributed by atoms with E-state index < -0.39 is 0 Å². The topological polar surface area (TPSA) is 21.1 Å². The largest absolute Gasteiger partial charge is 0.327 e. The minimum atomic E-state index is -0.0654. The molecule has 1 atom stereocenters. The van der Waals surface area contributed by atoms with Gasteiger partial charge in [0, 0.05) is 10.1 Å². The molecular formula is C14H19ClIN3. The monoisotopic (exact) mass is 391 g/mol. The summed E-state index contributed by atoms with van der Waals surface area (Å²) in [6, 6.07) is 6.37. The summed E-state index contributed by atoms with van der Waals surface area (Å²) in [5.74, 6) is 0.970. The molecule has 0 aliphatic rings. The van der Waals surface area contributed by atoms with Crippen LogP contribution in [-0.2, 0) is 6.54 Å². The molecule has 0 fully saturated rings. The molecule has 0 saturated carbocycles. The van der Waals surface area contributed by atoms with Gasteiger partial charge in [0.1, 0.15) is 5.82 Å². The Morgan fingerprint density at radius 2 is 2.16 bits per heavy atom.